The molecule has 1 heterocycles. The largest absolute Gasteiger partial charge is 0.343 e. The number of carbonyl (C=O) groups excluding carboxylic acids is 1. The summed E-state index contributed by atoms with van der Waals surface area (Å²) >= 11 is 1.85. The van der Waals surface area contributed by atoms with Crippen LogP contribution in [-0.2, 0) is 4.79 Å². The summed E-state index contributed by atoms with van der Waals surface area (Å²) in [6, 6.07) is 6.83. The zero-order valence-electron chi connectivity index (χ0n) is 13.1. The Balaban J connectivity index is 1.68. The number of carbonyl (C=O) groups is 1. The maximum absolute atomic E-state index is 12.1. The van der Waals surface area contributed by atoms with Crippen molar-refractivity contribution in [3.05, 3.63) is 29.3 Å². The van der Waals surface area contributed by atoms with E-state index in [2.05, 4.69) is 32.0 Å². The fourth-order valence-corrected chi connectivity index (χ4v) is 3.63. The molecule has 1 aliphatic rings. The topological polar surface area (TPSA) is 46.3 Å². The van der Waals surface area contributed by atoms with Gasteiger partial charge in [-0.3, -0.25) is 4.79 Å². The van der Waals surface area contributed by atoms with Gasteiger partial charge in [0.05, 0.1) is 0 Å². The third-order valence-electron chi connectivity index (χ3n) is 4.02. The van der Waals surface area contributed by atoms with Crippen LogP contribution in [0.25, 0.3) is 0 Å². The number of rotatable bonds is 5. The van der Waals surface area contributed by atoms with Gasteiger partial charge in [0.15, 0.2) is 0 Å². The van der Waals surface area contributed by atoms with E-state index in [0.717, 1.165) is 38.1 Å². The number of nitrogens with two attached hydrogens (primary N) is 1. The maximum atomic E-state index is 12.1. The predicted molar refractivity (Wildman–Crippen MR) is 89.7 cm³/mol. The van der Waals surface area contributed by atoms with E-state index >= 15 is 0 Å². The Morgan fingerprint density at radius 2 is 2.05 bits per heavy atom. The second-order valence-electron chi connectivity index (χ2n) is 5.94. The molecule has 2 N–H and O–H groups in total. The first kappa shape index (κ1) is 16.4. The Kier molecular flexibility index (Phi) is 6.12. The van der Waals surface area contributed by atoms with Crippen LogP contribution in [0.2, 0.25) is 0 Å². The summed E-state index contributed by atoms with van der Waals surface area (Å²) in [7, 11) is 0. The Bertz CT molecular complexity index is 482. The van der Waals surface area contributed by atoms with Gasteiger partial charge < -0.3 is 10.6 Å². The molecular formula is C17H26N2OS. The van der Waals surface area contributed by atoms with E-state index in [0.29, 0.717) is 12.3 Å². The molecule has 0 saturated carbocycles. The number of hydrogen-bond donors (Lipinski definition) is 1. The zero-order valence-corrected chi connectivity index (χ0v) is 13.9. The first-order chi connectivity index (χ1) is 10.1. The molecule has 0 atom stereocenters. The fourth-order valence-electron chi connectivity index (χ4n) is 2.67. The molecule has 1 aromatic rings. The summed E-state index contributed by atoms with van der Waals surface area (Å²) < 4.78 is 0. The predicted octanol–water partition coefficient (Wildman–Crippen LogP) is 3.13. The van der Waals surface area contributed by atoms with E-state index in [1.165, 1.54) is 16.0 Å². The lowest BCUT2D eigenvalue weighted by Crippen LogP contribution is -2.42. The number of nitrogens with zero attached hydrogens (tertiary/aromatic N) is 1. The van der Waals surface area contributed by atoms with E-state index < -0.39 is 0 Å². The van der Waals surface area contributed by atoms with Crippen molar-refractivity contribution in [3.8, 4) is 0 Å². The van der Waals surface area contributed by atoms with Gasteiger partial charge in [-0.1, -0.05) is 17.7 Å². The third kappa shape index (κ3) is 5.04. The molecule has 1 saturated heterocycles. The molecule has 0 aliphatic carbocycles. The quantitative estimate of drug-likeness (QED) is 0.671. The van der Waals surface area contributed by atoms with Gasteiger partial charge in [-0.25, -0.2) is 0 Å². The smallest absolute Gasteiger partial charge is 0.222 e. The average Bonchev–Trinajstić information content (AvgIpc) is 2.46. The van der Waals surface area contributed by atoms with Crippen LogP contribution < -0.4 is 5.73 Å². The van der Waals surface area contributed by atoms with Gasteiger partial charge >= 0.3 is 0 Å². The van der Waals surface area contributed by atoms with E-state index in [1.807, 2.05) is 16.7 Å². The van der Waals surface area contributed by atoms with Crippen LogP contribution in [0.4, 0.5) is 0 Å². The van der Waals surface area contributed by atoms with Crippen molar-refractivity contribution in [1.82, 2.24) is 4.90 Å². The lowest BCUT2D eigenvalue weighted by Gasteiger charge is -2.30. The minimum absolute atomic E-state index is 0.286. The Labute approximate surface area is 132 Å². The monoisotopic (exact) mass is 306 g/mol. The number of hydrogen-bond acceptors (Lipinski definition) is 3. The number of amides is 1. The summed E-state index contributed by atoms with van der Waals surface area (Å²) in [5.41, 5.74) is 8.50. The number of benzene rings is 1. The van der Waals surface area contributed by atoms with Gasteiger partial charge in [0.2, 0.25) is 5.91 Å². The van der Waals surface area contributed by atoms with Crippen LogP contribution in [0, 0.1) is 13.8 Å². The highest BCUT2D eigenvalue weighted by Crippen LogP contribution is 2.24. The van der Waals surface area contributed by atoms with Crippen molar-refractivity contribution in [1.29, 1.82) is 0 Å². The first-order valence-electron chi connectivity index (χ1n) is 7.79. The molecule has 1 amide bonds. The van der Waals surface area contributed by atoms with Gasteiger partial charge in [0.25, 0.3) is 0 Å². The van der Waals surface area contributed by atoms with Crippen LogP contribution in [0.5, 0.6) is 0 Å². The molecule has 2 rings (SSSR count). The second kappa shape index (κ2) is 7.85. The molecule has 0 bridgehead atoms. The summed E-state index contributed by atoms with van der Waals surface area (Å²) in [5, 5.41) is 0. The number of thioether (sulfide) groups is 1. The lowest BCUT2D eigenvalue weighted by molar-refractivity contribution is -0.132. The summed E-state index contributed by atoms with van der Waals surface area (Å²) in [6.45, 7) is 5.94. The van der Waals surface area contributed by atoms with Crippen molar-refractivity contribution in [3.63, 3.8) is 0 Å². The van der Waals surface area contributed by atoms with E-state index in [4.69, 9.17) is 5.73 Å². The SMILES string of the molecule is Cc1ccc(SCCCC(=O)N2CCC(N)CC2)c(C)c1. The van der Waals surface area contributed by atoms with Gasteiger partial charge in [-0.2, -0.15) is 0 Å². The van der Waals surface area contributed by atoms with Crippen LogP contribution in [0.3, 0.4) is 0 Å². The van der Waals surface area contributed by atoms with Crippen molar-refractivity contribution in [2.24, 2.45) is 5.73 Å². The summed E-state index contributed by atoms with van der Waals surface area (Å²) in [4.78, 5) is 15.4. The zero-order chi connectivity index (χ0) is 15.2. The molecule has 0 aromatic heterocycles. The van der Waals surface area contributed by atoms with Crippen molar-refractivity contribution < 1.29 is 4.79 Å². The highest BCUT2D eigenvalue weighted by molar-refractivity contribution is 7.99. The number of piperidine rings is 1. The first-order valence-corrected chi connectivity index (χ1v) is 8.78. The average molecular weight is 306 g/mol. The van der Waals surface area contributed by atoms with E-state index in [9.17, 15) is 4.79 Å². The fraction of sp³-hybridized carbons (Fsp3) is 0.588. The maximum Gasteiger partial charge on any atom is 0.222 e. The molecule has 0 spiro atoms. The minimum Gasteiger partial charge on any atom is -0.343 e. The van der Waals surface area contributed by atoms with Crippen molar-refractivity contribution in [2.75, 3.05) is 18.8 Å². The van der Waals surface area contributed by atoms with Crippen LogP contribution in [-0.4, -0.2) is 35.7 Å². The molecule has 1 fully saturated rings. The minimum atomic E-state index is 0.286. The molecule has 3 nitrogen and oxygen atoms in total. The van der Waals surface area contributed by atoms with Crippen molar-refractivity contribution >= 4 is 17.7 Å². The molecule has 1 aliphatic heterocycles. The van der Waals surface area contributed by atoms with E-state index in [1.54, 1.807) is 0 Å². The number of aryl methyl sites for hydroxylation is 2. The van der Waals surface area contributed by atoms with E-state index in [-0.39, 0.29) is 6.04 Å². The van der Waals surface area contributed by atoms with Gasteiger partial charge in [-0.05, 0) is 50.5 Å². The Morgan fingerprint density at radius 3 is 2.71 bits per heavy atom. The molecule has 116 valence electrons. The number of likely N-dealkylation sites (tertiary alicyclic amines) is 1. The standard InChI is InChI=1S/C17H26N2OS/c1-13-5-6-16(14(2)12-13)21-11-3-4-17(20)19-9-7-15(18)8-10-19/h5-6,12,15H,3-4,7-11,18H2,1-2H3. The van der Waals surface area contributed by atoms with Crippen LogP contribution in [0.1, 0.15) is 36.8 Å². The molecule has 0 unspecified atom stereocenters. The second-order valence-corrected chi connectivity index (χ2v) is 7.08. The van der Waals surface area contributed by atoms with Gasteiger partial charge in [-0.15, -0.1) is 11.8 Å². The lowest BCUT2D eigenvalue weighted by atomic mass is 10.1. The highest BCUT2D eigenvalue weighted by atomic mass is 32.2. The highest BCUT2D eigenvalue weighted by Gasteiger charge is 2.19. The molecule has 4 heteroatoms. The Hall–Kier alpha value is -1.00. The Morgan fingerprint density at radius 1 is 1.33 bits per heavy atom. The summed E-state index contributed by atoms with van der Waals surface area (Å²) in [5.74, 6) is 1.30. The van der Waals surface area contributed by atoms with Gasteiger partial charge in [0, 0.05) is 30.4 Å². The normalized spacial score (nSPS) is 16.2. The summed E-state index contributed by atoms with van der Waals surface area (Å²) in [6.07, 6.45) is 3.50. The van der Waals surface area contributed by atoms with Crippen LogP contribution >= 0.6 is 11.8 Å². The van der Waals surface area contributed by atoms with Crippen molar-refractivity contribution in [2.45, 2.75) is 50.5 Å². The third-order valence-corrected chi connectivity index (χ3v) is 5.28. The molecule has 21 heavy (non-hydrogen) atoms. The molecular weight excluding hydrogens is 280 g/mol. The van der Waals surface area contributed by atoms with Crippen LogP contribution in [0.15, 0.2) is 23.1 Å². The molecule has 1 aromatic carbocycles. The molecule has 0 radical (unpaired) electrons. The van der Waals surface area contributed by atoms with Gasteiger partial charge in [0.1, 0.15) is 0 Å².